The number of rotatable bonds is 4. The molecular weight excluding hydrogens is 280 g/mol. The number of ether oxygens (including phenoxy) is 1. The molecule has 0 atom stereocenters. The van der Waals surface area contributed by atoms with Gasteiger partial charge in [-0.2, -0.15) is 0 Å². The molecule has 0 bridgehead atoms. The zero-order valence-electron chi connectivity index (χ0n) is 11.5. The SMILES string of the molecule is CCn1c2c(c(O)c(C(=O)NCC(=O)O)c1=O)COCC2. The molecule has 1 aromatic rings. The monoisotopic (exact) mass is 296 g/mol. The number of fused-ring (bicyclic) bond motifs is 1. The van der Waals surface area contributed by atoms with Crippen LogP contribution < -0.4 is 10.9 Å². The van der Waals surface area contributed by atoms with Gasteiger partial charge in [-0.25, -0.2) is 0 Å². The van der Waals surface area contributed by atoms with E-state index >= 15 is 0 Å². The molecule has 3 N–H and O–H groups in total. The van der Waals surface area contributed by atoms with E-state index in [0.29, 0.717) is 30.8 Å². The molecule has 1 aliphatic heterocycles. The Labute approximate surface area is 120 Å². The lowest BCUT2D eigenvalue weighted by molar-refractivity contribution is -0.135. The summed E-state index contributed by atoms with van der Waals surface area (Å²) in [5.74, 6) is -2.57. The van der Waals surface area contributed by atoms with Crippen LogP contribution in [0.25, 0.3) is 0 Å². The summed E-state index contributed by atoms with van der Waals surface area (Å²) in [4.78, 5) is 34.8. The molecule has 0 saturated carbocycles. The van der Waals surface area contributed by atoms with E-state index in [1.54, 1.807) is 6.92 Å². The fourth-order valence-corrected chi connectivity index (χ4v) is 2.37. The first-order valence-electron chi connectivity index (χ1n) is 6.52. The van der Waals surface area contributed by atoms with Crippen LogP contribution >= 0.6 is 0 Å². The Morgan fingerprint density at radius 3 is 2.76 bits per heavy atom. The molecule has 0 fully saturated rings. The topological polar surface area (TPSA) is 118 Å². The van der Waals surface area contributed by atoms with Crippen LogP contribution in [0.3, 0.4) is 0 Å². The normalized spacial score (nSPS) is 13.6. The molecule has 8 heteroatoms. The van der Waals surface area contributed by atoms with Gasteiger partial charge in [0.15, 0.2) is 0 Å². The number of aliphatic carboxylic acids is 1. The van der Waals surface area contributed by atoms with Gasteiger partial charge in [0, 0.05) is 24.2 Å². The van der Waals surface area contributed by atoms with Crippen LogP contribution in [0, 0.1) is 0 Å². The van der Waals surface area contributed by atoms with Crippen molar-refractivity contribution in [2.45, 2.75) is 26.5 Å². The molecule has 0 aliphatic carbocycles. The zero-order valence-corrected chi connectivity index (χ0v) is 11.5. The maximum atomic E-state index is 12.3. The Morgan fingerprint density at radius 1 is 1.43 bits per heavy atom. The minimum absolute atomic E-state index is 0.112. The predicted molar refractivity (Wildman–Crippen MR) is 71.4 cm³/mol. The average molecular weight is 296 g/mol. The first kappa shape index (κ1) is 15.0. The Bertz CT molecular complexity index is 649. The molecule has 0 unspecified atom stereocenters. The molecule has 8 nitrogen and oxygen atoms in total. The van der Waals surface area contributed by atoms with Crippen molar-refractivity contribution in [1.29, 1.82) is 0 Å². The van der Waals surface area contributed by atoms with Crippen LogP contribution in [0.2, 0.25) is 0 Å². The third kappa shape index (κ3) is 2.75. The van der Waals surface area contributed by atoms with Gasteiger partial charge < -0.3 is 24.8 Å². The lowest BCUT2D eigenvalue weighted by Crippen LogP contribution is -2.38. The van der Waals surface area contributed by atoms with Gasteiger partial charge in [-0.1, -0.05) is 0 Å². The molecule has 0 spiro atoms. The van der Waals surface area contributed by atoms with Gasteiger partial charge in [-0.3, -0.25) is 14.4 Å². The van der Waals surface area contributed by atoms with Crippen molar-refractivity contribution >= 4 is 11.9 Å². The van der Waals surface area contributed by atoms with Crippen molar-refractivity contribution in [3.05, 3.63) is 27.2 Å². The molecular formula is C13H16N2O6. The van der Waals surface area contributed by atoms with Crippen molar-refractivity contribution in [2.75, 3.05) is 13.2 Å². The van der Waals surface area contributed by atoms with Crippen molar-refractivity contribution in [3.63, 3.8) is 0 Å². The van der Waals surface area contributed by atoms with E-state index in [9.17, 15) is 19.5 Å². The van der Waals surface area contributed by atoms with Gasteiger partial charge in [0.1, 0.15) is 17.9 Å². The van der Waals surface area contributed by atoms with Gasteiger partial charge in [0.2, 0.25) is 0 Å². The van der Waals surface area contributed by atoms with Crippen LogP contribution in [0.1, 0.15) is 28.5 Å². The number of carboxylic acids is 1. The quantitative estimate of drug-likeness (QED) is 0.687. The summed E-state index contributed by atoms with van der Waals surface area (Å²) in [5, 5.41) is 20.8. The van der Waals surface area contributed by atoms with Crippen LogP contribution in [0.4, 0.5) is 0 Å². The standard InChI is InChI=1S/C13H16N2O6/c1-2-15-8-3-4-21-6-7(8)11(18)10(13(15)20)12(19)14-5-9(16)17/h18H,2-6H2,1H3,(H,14,19)(H,16,17). The molecule has 1 amide bonds. The molecule has 0 saturated heterocycles. The molecule has 21 heavy (non-hydrogen) atoms. The van der Waals surface area contributed by atoms with Crippen LogP contribution in [0.15, 0.2) is 4.79 Å². The minimum atomic E-state index is -1.24. The van der Waals surface area contributed by atoms with E-state index < -0.39 is 35.3 Å². The summed E-state index contributed by atoms with van der Waals surface area (Å²) in [7, 11) is 0. The fourth-order valence-electron chi connectivity index (χ4n) is 2.37. The molecule has 2 heterocycles. The summed E-state index contributed by atoms with van der Waals surface area (Å²) in [6, 6.07) is 0. The maximum Gasteiger partial charge on any atom is 0.322 e. The molecule has 0 radical (unpaired) electrons. The highest BCUT2D eigenvalue weighted by atomic mass is 16.5. The first-order chi connectivity index (χ1) is 9.97. The third-order valence-corrected chi connectivity index (χ3v) is 3.33. The highest BCUT2D eigenvalue weighted by Crippen LogP contribution is 2.27. The van der Waals surface area contributed by atoms with Crippen LogP contribution in [-0.4, -0.2) is 39.8 Å². The molecule has 114 valence electrons. The summed E-state index contributed by atoms with van der Waals surface area (Å²) in [6.45, 7) is 2.03. The van der Waals surface area contributed by atoms with Crippen molar-refractivity contribution in [1.82, 2.24) is 9.88 Å². The van der Waals surface area contributed by atoms with Crippen molar-refractivity contribution in [3.8, 4) is 5.75 Å². The second kappa shape index (κ2) is 5.96. The second-order valence-electron chi connectivity index (χ2n) is 4.58. The third-order valence-electron chi connectivity index (χ3n) is 3.33. The summed E-state index contributed by atoms with van der Waals surface area (Å²) < 4.78 is 6.66. The smallest absolute Gasteiger partial charge is 0.322 e. The lowest BCUT2D eigenvalue weighted by atomic mass is 10.0. The fraction of sp³-hybridized carbons (Fsp3) is 0.462. The Hall–Kier alpha value is -2.35. The van der Waals surface area contributed by atoms with E-state index in [1.807, 2.05) is 0 Å². The summed E-state index contributed by atoms with van der Waals surface area (Å²) in [5.41, 5.74) is -0.00917. The molecule has 2 rings (SSSR count). The van der Waals surface area contributed by atoms with Gasteiger partial charge in [-0.15, -0.1) is 0 Å². The largest absolute Gasteiger partial charge is 0.506 e. The van der Waals surface area contributed by atoms with E-state index in [4.69, 9.17) is 9.84 Å². The van der Waals surface area contributed by atoms with E-state index in [1.165, 1.54) is 4.57 Å². The number of pyridine rings is 1. The number of amides is 1. The number of nitrogens with one attached hydrogen (secondary N) is 1. The molecule has 0 aromatic carbocycles. The van der Waals surface area contributed by atoms with Crippen molar-refractivity contribution < 1.29 is 24.5 Å². The first-order valence-corrected chi connectivity index (χ1v) is 6.52. The molecule has 1 aliphatic rings. The van der Waals surface area contributed by atoms with E-state index in [0.717, 1.165) is 0 Å². The highest BCUT2D eigenvalue weighted by molar-refractivity contribution is 5.98. The Kier molecular flexibility index (Phi) is 4.27. The van der Waals surface area contributed by atoms with Gasteiger partial charge in [-0.05, 0) is 6.92 Å². The Morgan fingerprint density at radius 2 is 2.14 bits per heavy atom. The van der Waals surface area contributed by atoms with Gasteiger partial charge in [0.25, 0.3) is 11.5 Å². The zero-order chi connectivity index (χ0) is 15.6. The van der Waals surface area contributed by atoms with Crippen molar-refractivity contribution in [2.24, 2.45) is 0 Å². The number of nitrogens with zero attached hydrogens (tertiary/aromatic N) is 1. The number of aromatic nitrogens is 1. The predicted octanol–water partition coefficient (Wildman–Crippen LogP) is -0.539. The highest BCUT2D eigenvalue weighted by Gasteiger charge is 2.27. The molecule has 1 aromatic heterocycles. The number of hydrogen-bond acceptors (Lipinski definition) is 5. The maximum absolute atomic E-state index is 12.3. The lowest BCUT2D eigenvalue weighted by Gasteiger charge is -2.23. The number of carboxylic acid groups (broad SMARTS) is 1. The number of carbonyl (C=O) groups excluding carboxylic acids is 1. The van der Waals surface area contributed by atoms with Gasteiger partial charge >= 0.3 is 5.97 Å². The minimum Gasteiger partial charge on any atom is -0.506 e. The number of carbonyl (C=O) groups is 2. The number of aromatic hydroxyl groups is 1. The summed E-state index contributed by atoms with van der Waals surface area (Å²) in [6.07, 6.45) is 0.475. The Balaban J connectivity index is 2.53. The summed E-state index contributed by atoms with van der Waals surface area (Å²) >= 11 is 0. The van der Waals surface area contributed by atoms with Crippen LogP contribution in [-0.2, 0) is 29.1 Å². The van der Waals surface area contributed by atoms with Crippen LogP contribution in [0.5, 0.6) is 5.75 Å². The van der Waals surface area contributed by atoms with E-state index in [-0.39, 0.29) is 6.61 Å². The van der Waals surface area contributed by atoms with E-state index in [2.05, 4.69) is 5.32 Å². The average Bonchev–Trinajstić information content (AvgIpc) is 2.46. The second-order valence-corrected chi connectivity index (χ2v) is 4.58. The number of hydrogen-bond donors (Lipinski definition) is 3. The van der Waals surface area contributed by atoms with Gasteiger partial charge in [0.05, 0.1) is 13.2 Å².